The lowest BCUT2D eigenvalue weighted by molar-refractivity contribution is -0.106. The Balaban J connectivity index is 0.00000306. The van der Waals surface area contributed by atoms with Crippen LogP contribution in [0.2, 0.25) is 0 Å². The normalized spacial score (nSPS) is 23.3. The van der Waals surface area contributed by atoms with Gasteiger partial charge in [0.15, 0.2) is 11.8 Å². The molecule has 9 heteroatoms. The first-order valence-corrected chi connectivity index (χ1v) is 11.7. The van der Waals surface area contributed by atoms with E-state index in [1.807, 2.05) is 24.6 Å². The van der Waals surface area contributed by atoms with Crippen LogP contribution in [-0.2, 0) is 18.3 Å². The van der Waals surface area contributed by atoms with Gasteiger partial charge in [0.1, 0.15) is 12.4 Å². The van der Waals surface area contributed by atoms with E-state index in [2.05, 4.69) is 70.9 Å². The maximum Gasteiger partial charge on any atom is 0.191 e. The smallest absolute Gasteiger partial charge is 0.191 e. The largest absolute Gasteiger partial charge is 0.377 e. The molecule has 2 heterocycles. The minimum Gasteiger partial charge on any atom is -0.377 e. The second-order valence-corrected chi connectivity index (χ2v) is 9.61. The summed E-state index contributed by atoms with van der Waals surface area (Å²) in [6.07, 6.45) is 2.48. The summed E-state index contributed by atoms with van der Waals surface area (Å²) >= 11 is 0. The van der Waals surface area contributed by atoms with Crippen molar-refractivity contribution in [3.8, 4) is 0 Å². The van der Waals surface area contributed by atoms with Crippen molar-refractivity contribution < 1.29 is 4.74 Å². The molecule has 33 heavy (non-hydrogen) atoms. The van der Waals surface area contributed by atoms with Gasteiger partial charge in [0, 0.05) is 56.9 Å². The molecule has 3 unspecified atom stereocenters. The number of fused-ring (bicyclic) bond motifs is 1. The monoisotopic (exact) mass is 567 g/mol. The maximum absolute atomic E-state index is 5.97. The van der Waals surface area contributed by atoms with Gasteiger partial charge in [-0.1, -0.05) is 32.0 Å². The number of guanidine groups is 1. The predicted molar refractivity (Wildman–Crippen MR) is 143 cm³/mol. The van der Waals surface area contributed by atoms with Crippen molar-refractivity contribution in [1.29, 1.82) is 0 Å². The summed E-state index contributed by atoms with van der Waals surface area (Å²) in [5.74, 6) is 3.16. The summed E-state index contributed by atoms with van der Waals surface area (Å²) in [6.45, 7) is 9.71. The fraction of sp³-hybridized carbons (Fsp3) is 0.625. The van der Waals surface area contributed by atoms with E-state index in [1.165, 1.54) is 5.69 Å². The molecule has 1 aromatic carbocycles. The molecular formula is C24H38IN7O. The highest BCUT2D eigenvalue weighted by atomic mass is 127. The summed E-state index contributed by atoms with van der Waals surface area (Å²) in [4.78, 5) is 7.14. The van der Waals surface area contributed by atoms with Crippen LogP contribution >= 0.6 is 24.0 Å². The van der Waals surface area contributed by atoms with Crippen LogP contribution in [0.25, 0.3) is 0 Å². The predicted octanol–water partition coefficient (Wildman–Crippen LogP) is 3.12. The third-order valence-corrected chi connectivity index (χ3v) is 7.11. The summed E-state index contributed by atoms with van der Waals surface area (Å²) in [5.41, 5.74) is 1.33. The van der Waals surface area contributed by atoms with Crippen molar-refractivity contribution in [3.63, 3.8) is 0 Å². The molecular weight excluding hydrogens is 529 g/mol. The lowest BCUT2D eigenvalue weighted by Crippen LogP contribution is -2.68. The molecule has 1 aromatic heterocycles. The molecule has 2 N–H and O–H groups in total. The summed E-state index contributed by atoms with van der Waals surface area (Å²) in [6, 6.07) is 10.8. The third-order valence-electron chi connectivity index (χ3n) is 7.11. The van der Waals surface area contributed by atoms with Gasteiger partial charge >= 0.3 is 0 Å². The van der Waals surface area contributed by atoms with Gasteiger partial charge in [-0.2, -0.15) is 0 Å². The highest BCUT2D eigenvalue weighted by Gasteiger charge is 2.59. The standard InChI is InChI=1S/C24H37N7O.HI/c1-17-28-29-20(31(17)5)16-26-23(27-21-19-12-15-32-22(19)24(21,2)3)25-13-9-14-30(4)18-10-7-6-8-11-18;/h6-8,10-11,19,21-22H,9,12-16H2,1-5H3,(H2,25,26,27);1H. The van der Waals surface area contributed by atoms with Gasteiger partial charge in [0.25, 0.3) is 0 Å². The van der Waals surface area contributed by atoms with Crippen molar-refractivity contribution in [2.75, 3.05) is 31.6 Å². The number of aryl methyl sites for hydroxylation is 1. The molecule has 3 atom stereocenters. The van der Waals surface area contributed by atoms with Crippen molar-refractivity contribution >= 4 is 35.6 Å². The third kappa shape index (κ3) is 5.62. The van der Waals surface area contributed by atoms with Crippen LogP contribution in [0.15, 0.2) is 35.3 Å². The zero-order valence-electron chi connectivity index (χ0n) is 20.4. The van der Waals surface area contributed by atoms with Crippen LogP contribution in [0.3, 0.4) is 0 Å². The number of aliphatic imine (C=N–C) groups is 1. The number of anilines is 1. The van der Waals surface area contributed by atoms with Crippen LogP contribution in [0.4, 0.5) is 5.69 Å². The molecule has 182 valence electrons. The van der Waals surface area contributed by atoms with Gasteiger partial charge in [-0.3, -0.25) is 0 Å². The SMILES string of the molecule is Cc1nnc(CN=C(NCCCN(C)c2ccccc2)NC2C3CCOC3C2(C)C)n1C.I. The second-order valence-electron chi connectivity index (χ2n) is 9.61. The number of ether oxygens (including phenoxy) is 1. The fourth-order valence-electron chi connectivity index (χ4n) is 4.99. The Hall–Kier alpha value is -1.88. The number of hydrogen-bond donors (Lipinski definition) is 2. The Morgan fingerprint density at radius 3 is 2.73 bits per heavy atom. The highest BCUT2D eigenvalue weighted by molar-refractivity contribution is 14.0. The van der Waals surface area contributed by atoms with Gasteiger partial charge in [-0.15, -0.1) is 34.2 Å². The molecule has 1 saturated heterocycles. The molecule has 2 aliphatic rings. The molecule has 1 saturated carbocycles. The maximum atomic E-state index is 5.97. The molecule has 2 aromatic rings. The zero-order valence-corrected chi connectivity index (χ0v) is 22.7. The van der Waals surface area contributed by atoms with Gasteiger partial charge in [0.2, 0.25) is 0 Å². The number of hydrogen-bond acceptors (Lipinski definition) is 5. The van der Waals surface area contributed by atoms with E-state index >= 15 is 0 Å². The van der Waals surface area contributed by atoms with E-state index in [-0.39, 0.29) is 29.4 Å². The Bertz CT molecular complexity index is 930. The number of para-hydroxylation sites is 1. The van der Waals surface area contributed by atoms with Crippen LogP contribution in [0, 0.1) is 18.3 Å². The van der Waals surface area contributed by atoms with E-state index in [1.54, 1.807) is 0 Å². The van der Waals surface area contributed by atoms with Crippen molar-refractivity contribution in [1.82, 2.24) is 25.4 Å². The Labute approximate surface area is 214 Å². The summed E-state index contributed by atoms with van der Waals surface area (Å²) < 4.78 is 7.96. The quantitative estimate of drug-likeness (QED) is 0.221. The Morgan fingerprint density at radius 2 is 2.03 bits per heavy atom. The van der Waals surface area contributed by atoms with Crippen LogP contribution in [-0.4, -0.2) is 59.6 Å². The minimum absolute atomic E-state index is 0. The van der Waals surface area contributed by atoms with Gasteiger partial charge < -0.3 is 24.8 Å². The molecule has 8 nitrogen and oxygen atoms in total. The second kappa shape index (κ2) is 11.0. The number of nitrogens with zero attached hydrogens (tertiary/aromatic N) is 5. The lowest BCUT2D eigenvalue weighted by Gasteiger charge is -2.54. The number of benzene rings is 1. The molecule has 0 radical (unpaired) electrons. The van der Waals surface area contributed by atoms with Crippen LogP contribution in [0.1, 0.15) is 38.3 Å². The molecule has 0 spiro atoms. The molecule has 2 fully saturated rings. The van der Waals surface area contributed by atoms with E-state index in [9.17, 15) is 0 Å². The first kappa shape index (κ1) is 25.7. The van der Waals surface area contributed by atoms with Crippen molar-refractivity contribution in [3.05, 3.63) is 42.0 Å². The Kier molecular flexibility index (Phi) is 8.60. The topological polar surface area (TPSA) is 79.6 Å². The molecule has 4 rings (SSSR count). The number of nitrogens with one attached hydrogen (secondary N) is 2. The first-order valence-electron chi connectivity index (χ1n) is 11.7. The van der Waals surface area contributed by atoms with Crippen molar-refractivity contribution in [2.45, 2.75) is 52.3 Å². The Morgan fingerprint density at radius 1 is 1.27 bits per heavy atom. The molecule has 0 bridgehead atoms. The fourth-order valence-corrected chi connectivity index (χ4v) is 4.99. The average molecular weight is 568 g/mol. The van der Waals surface area contributed by atoms with Crippen molar-refractivity contribution in [2.24, 2.45) is 23.4 Å². The van der Waals surface area contributed by atoms with Gasteiger partial charge in [0.05, 0.1) is 6.10 Å². The number of halogens is 1. The zero-order chi connectivity index (χ0) is 22.7. The van der Waals surface area contributed by atoms with E-state index < -0.39 is 0 Å². The van der Waals surface area contributed by atoms with E-state index in [0.29, 0.717) is 24.6 Å². The highest BCUT2D eigenvalue weighted by Crippen LogP contribution is 2.52. The summed E-state index contributed by atoms with van der Waals surface area (Å²) in [7, 11) is 4.12. The summed E-state index contributed by atoms with van der Waals surface area (Å²) in [5, 5.41) is 15.7. The van der Waals surface area contributed by atoms with Crippen LogP contribution < -0.4 is 15.5 Å². The average Bonchev–Trinajstić information content (AvgIpc) is 3.38. The number of aromatic nitrogens is 3. The molecule has 0 amide bonds. The first-order chi connectivity index (χ1) is 15.4. The van der Waals surface area contributed by atoms with Gasteiger partial charge in [-0.05, 0) is 31.9 Å². The van der Waals surface area contributed by atoms with Gasteiger partial charge in [-0.25, -0.2) is 4.99 Å². The molecule has 1 aliphatic carbocycles. The van der Waals surface area contributed by atoms with E-state index in [4.69, 9.17) is 9.73 Å². The van der Waals surface area contributed by atoms with E-state index in [0.717, 1.165) is 50.1 Å². The molecule has 1 aliphatic heterocycles. The number of rotatable bonds is 8. The lowest BCUT2D eigenvalue weighted by atomic mass is 9.57. The minimum atomic E-state index is 0. The van der Waals surface area contributed by atoms with Crippen LogP contribution in [0.5, 0.6) is 0 Å².